The summed E-state index contributed by atoms with van der Waals surface area (Å²) in [5.74, 6) is -10.7. The average molecular weight is 347 g/mol. The van der Waals surface area contributed by atoms with E-state index in [-0.39, 0.29) is 5.56 Å². The molecule has 11 heteroatoms. The number of benzene rings is 1. The van der Waals surface area contributed by atoms with Gasteiger partial charge < -0.3 is 15.9 Å². The van der Waals surface area contributed by atoms with Crippen LogP contribution >= 0.6 is 0 Å². The summed E-state index contributed by atoms with van der Waals surface area (Å²) in [6.07, 6.45) is -5.08. The van der Waals surface area contributed by atoms with Crippen molar-refractivity contribution >= 4 is 11.9 Å². The lowest BCUT2D eigenvalue weighted by atomic mass is 10.0. The number of carboxylic acid groups (broad SMARTS) is 2. The maximum atomic E-state index is 13.6. The lowest BCUT2D eigenvalue weighted by molar-refractivity contribution is -0.192. The zero-order valence-electron chi connectivity index (χ0n) is 11.4. The molecule has 0 heterocycles. The fourth-order valence-electron chi connectivity index (χ4n) is 1.26. The molecule has 0 amide bonds. The van der Waals surface area contributed by atoms with E-state index < -0.39 is 41.5 Å². The molecule has 0 fully saturated rings. The second kappa shape index (κ2) is 7.31. The Morgan fingerprint density at radius 1 is 1.09 bits per heavy atom. The van der Waals surface area contributed by atoms with Gasteiger partial charge in [-0.3, -0.25) is 0 Å². The molecule has 1 rings (SSSR count). The van der Waals surface area contributed by atoms with Crippen molar-refractivity contribution in [1.29, 1.82) is 0 Å². The van der Waals surface area contributed by atoms with Crippen LogP contribution in [0.2, 0.25) is 0 Å². The van der Waals surface area contributed by atoms with E-state index in [1.807, 2.05) is 0 Å². The molecule has 0 saturated carbocycles. The van der Waals surface area contributed by atoms with Crippen molar-refractivity contribution in [2.24, 2.45) is 5.73 Å². The topological polar surface area (TPSA) is 101 Å². The number of nitrogens with two attached hydrogens (primary N) is 1. The lowest BCUT2D eigenvalue weighted by Crippen LogP contribution is -2.27. The Hall–Kier alpha value is -2.30. The number of aliphatic carboxylic acids is 2. The van der Waals surface area contributed by atoms with Gasteiger partial charge in [-0.05, 0) is 13.0 Å². The molecule has 0 spiro atoms. The largest absolute Gasteiger partial charge is 0.490 e. The van der Waals surface area contributed by atoms with Gasteiger partial charge in [0.25, 0.3) is 0 Å². The Morgan fingerprint density at radius 3 is 1.83 bits per heavy atom. The van der Waals surface area contributed by atoms with E-state index in [4.69, 9.17) is 20.7 Å². The number of halogens is 6. The first-order valence-electron chi connectivity index (χ1n) is 5.68. The summed E-state index contributed by atoms with van der Waals surface area (Å²) < 4.78 is 71.5. The van der Waals surface area contributed by atoms with Crippen molar-refractivity contribution in [3.63, 3.8) is 0 Å². The fraction of sp³-hybridized carbons (Fsp3) is 0.333. The first-order valence-corrected chi connectivity index (χ1v) is 5.68. The van der Waals surface area contributed by atoms with E-state index in [1.165, 1.54) is 13.0 Å². The van der Waals surface area contributed by atoms with Gasteiger partial charge in [-0.15, -0.1) is 0 Å². The quantitative estimate of drug-likeness (QED) is 0.730. The highest BCUT2D eigenvalue weighted by atomic mass is 19.4. The minimum atomic E-state index is -5.08. The molecule has 0 aromatic heterocycles. The molecular weight excluding hydrogens is 336 g/mol. The van der Waals surface area contributed by atoms with E-state index in [0.29, 0.717) is 0 Å². The van der Waals surface area contributed by atoms with Gasteiger partial charge in [0, 0.05) is 11.6 Å². The van der Waals surface area contributed by atoms with Crippen LogP contribution in [0.4, 0.5) is 26.3 Å². The molecule has 0 bridgehead atoms. The van der Waals surface area contributed by atoms with Gasteiger partial charge in [-0.2, -0.15) is 22.0 Å². The third-order valence-electron chi connectivity index (χ3n) is 2.37. The Morgan fingerprint density at radius 2 is 1.52 bits per heavy atom. The van der Waals surface area contributed by atoms with Gasteiger partial charge in [-0.1, -0.05) is 12.1 Å². The van der Waals surface area contributed by atoms with Crippen LogP contribution in [0.3, 0.4) is 0 Å². The van der Waals surface area contributed by atoms with Gasteiger partial charge in [0.2, 0.25) is 0 Å². The van der Waals surface area contributed by atoms with Crippen molar-refractivity contribution in [3.8, 4) is 0 Å². The van der Waals surface area contributed by atoms with E-state index >= 15 is 0 Å². The van der Waals surface area contributed by atoms with Crippen LogP contribution in [0.25, 0.3) is 0 Å². The summed E-state index contributed by atoms with van der Waals surface area (Å²) in [6, 6.07) is 2.33. The third kappa shape index (κ3) is 5.43. The second-order valence-electron chi connectivity index (χ2n) is 4.18. The molecule has 0 aliphatic rings. The van der Waals surface area contributed by atoms with Crippen molar-refractivity contribution in [3.05, 3.63) is 35.1 Å². The SMILES string of the molecule is CC(N)c1cccc(C(F)(F)C(=O)O)c1F.O=C(O)C(F)(F)F. The smallest absolute Gasteiger partial charge is 0.477 e. The predicted octanol–water partition coefficient (Wildman–Crippen LogP) is 2.66. The van der Waals surface area contributed by atoms with Crippen LogP contribution in [0.1, 0.15) is 24.1 Å². The Bertz CT molecular complexity index is 585. The number of carbonyl (C=O) groups is 2. The highest BCUT2D eigenvalue weighted by molar-refractivity contribution is 5.77. The molecule has 130 valence electrons. The summed E-state index contributed by atoms with van der Waals surface area (Å²) in [5, 5.41) is 15.4. The third-order valence-corrected chi connectivity index (χ3v) is 2.37. The highest BCUT2D eigenvalue weighted by Gasteiger charge is 2.44. The minimum Gasteiger partial charge on any atom is -0.477 e. The lowest BCUT2D eigenvalue weighted by Gasteiger charge is -2.15. The predicted molar refractivity (Wildman–Crippen MR) is 64.2 cm³/mol. The van der Waals surface area contributed by atoms with Crippen LogP contribution in [-0.4, -0.2) is 28.3 Å². The van der Waals surface area contributed by atoms with Gasteiger partial charge in [-0.25, -0.2) is 14.0 Å². The fourth-order valence-corrected chi connectivity index (χ4v) is 1.26. The molecular formula is C12H11F6NO4. The van der Waals surface area contributed by atoms with Crippen molar-refractivity contribution < 1.29 is 46.1 Å². The normalized spacial score (nSPS) is 12.9. The molecule has 5 nitrogen and oxygen atoms in total. The number of alkyl halides is 5. The molecule has 1 atom stereocenters. The van der Waals surface area contributed by atoms with E-state index in [1.54, 1.807) is 0 Å². The minimum absolute atomic E-state index is 0.140. The molecule has 0 aliphatic heterocycles. The van der Waals surface area contributed by atoms with E-state index in [2.05, 4.69) is 0 Å². The molecule has 0 radical (unpaired) electrons. The van der Waals surface area contributed by atoms with Crippen molar-refractivity contribution in [2.45, 2.75) is 25.1 Å². The van der Waals surface area contributed by atoms with Gasteiger partial charge >= 0.3 is 24.0 Å². The molecule has 0 saturated heterocycles. The van der Waals surface area contributed by atoms with Crippen LogP contribution in [0.5, 0.6) is 0 Å². The van der Waals surface area contributed by atoms with E-state index in [0.717, 1.165) is 12.1 Å². The molecule has 1 unspecified atom stereocenters. The molecule has 4 N–H and O–H groups in total. The second-order valence-corrected chi connectivity index (χ2v) is 4.18. The van der Waals surface area contributed by atoms with Crippen LogP contribution in [0.15, 0.2) is 18.2 Å². The van der Waals surface area contributed by atoms with Gasteiger partial charge in [0.1, 0.15) is 5.82 Å². The number of hydrogen-bond acceptors (Lipinski definition) is 3. The van der Waals surface area contributed by atoms with Crippen LogP contribution < -0.4 is 5.73 Å². The van der Waals surface area contributed by atoms with Crippen molar-refractivity contribution in [1.82, 2.24) is 0 Å². The Balaban J connectivity index is 0.000000585. The van der Waals surface area contributed by atoms with Gasteiger partial charge in [0.15, 0.2) is 0 Å². The zero-order valence-corrected chi connectivity index (χ0v) is 11.4. The summed E-state index contributed by atoms with van der Waals surface area (Å²) in [5.41, 5.74) is 4.06. The van der Waals surface area contributed by atoms with E-state index in [9.17, 15) is 31.1 Å². The van der Waals surface area contributed by atoms with Gasteiger partial charge in [0.05, 0.1) is 5.56 Å². The monoisotopic (exact) mass is 347 g/mol. The van der Waals surface area contributed by atoms with Crippen molar-refractivity contribution in [2.75, 3.05) is 0 Å². The first-order chi connectivity index (χ1) is 10.2. The molecule has 23 heavy (non-hydrogen) atoms. The Labute approximate surface area is 125 Å². The Kier molecular flexibility index (Phi) is 6.58. The highest BCUT2D eigenvalue weighted by Crippen LogP contribution is 2.32. The van der Waals surface area contributed by atoms with Crippen LogP contribution in [-0.2, 0) is 15.5 Å². The molecule has 1 aromatic rings. The summed E-state index contributed by atoms with van der Waals surface area (Å²) >= 11 is 0. The number of carboxylic acids is 2. The maximum Gasteiger partial charge on any atom is 0.490 e. The molecule has 1 aromatic carbocycles. The number of hydrogen-bond donors (Lipinski definition) is 3. The maximum absolute atomic E-state index is 13.6. The summed E-state index contributed by atoms with van der Waals surface area (Å²) in [7, 11) is 0. The zero-order chi connectivity index (χ0) is 18.6. The first kappa shape index (κ1) is 20.7. The number of rotatable bonds is 3. The average Bonchev–Trinajstić information content (AvgIpc) is 2.37. The standard InChI is InChI=1S/C10H10F3NO2.C2HF3O2/c1-5(14)6-3-2-4-7(8(6)11)10(12,13)9(15)16;3-2(4,5)1(6)7/h2-5H,14H2,1H3,(H,15,16);(H,6,7). The van der Waals surface area contributed by atoms with Crippen LogP contribution in [0, 0.1) is 5.82 Å². The molecule has 0 aliphatic carbocycles. The summed E-state index contributed by atoms with van der Waals surface area (Å²) in [6.45, 7) is 1.42. The summed E-state index contributed by atoms with van der Waals surface area (Å²) in [4.78, 5) is 19.2.